The molecule has 1 saturated heterocycles. The summed E-state index contributed by atoms with van der Waals surface area (Å²) in [7, 11) is 0. The van der Waals surface area contributed by atoms with E-state index in [1.807, 2.05) is 12.5 Å². The molecule has 9 heteroatoms. The number of imidazole rings is 1. The van der Waals surface area contributed by atoms with Gasteiger partial charge in [0.2, 0.25) is 0 Å². The molecule has 1 atom stereocenters. The maximum Gasteiger partial charge on any atom is 0.251 e. The number of halogens is 1. The Morgan fingerprint density at radius 2 is 2.03 bits per heavy atom. The first-order valence-corrected chi connectivity index (χ1v) is 11.8. The second-order valence-corrected chi connectivity index (χ2v) is 10.9. The third-order valence-corrected chi connectivity index (χ3v) is 8.87. The zero-order valence-corrected chi connectivity index (χ0v) is 18.0. The van der Waals surface area contributed by atoms with Crippen LogP contribution in [-0.4, -0.2) is 60.6 Å². The van der Waals surface area contributed by atoms with Gasteiger partial charge in [-0.05, 0) is 49.2 Å². The monoisotopic (exact) mass is 431 g/mol. The molecule has 3 heterocycles. The molecule has 5 rings (SSSR count). The Balaban J connectivity index is 1.45. The van der Waals surface area contributed by atoms with E-state index in [1.54, 1.807) is 4.52 Å². The molecule has 3 N–H and O–H groups in total. The van der Waals surface area contributed by atoms with Crippen LogP contribution in [0.1, 0.15) is 48.5 Å². The van der Waals surface area contributed by atoms with Crippen molar-refractivity contribution in [1.29, 1.82) is 0 Å². The Morgan fingerprint density at radius 3 is 2.63 bits per heavy atom. The summed E-state index contributed by atoms with van der Waals surface area (Å²) < 4.78 is 27.7. The standard InChI is InChI=1S/C21H26FN5O2S/c1-20(5-7-26(8-6-20)12-21(3-4-21)30(2)29)15-11-24-27-17-14(18(23)28)9-13(22)10-16(17)25-19(15)27/h9-11,25H,3-8,12H2,1-2H3,(H2,23,28). The summed E-state index contributed by atoms with van der Waals surface area (Å²) in [6, 6.07) is 2.52. The number of primary amides is 1. The first kappa shape index (κ1) is 19.8. The lowest BCUT2D eigenvalue weighted by Crippen LogP contribution is -2.46. The number of hydrogen-bond donors (Lipinski definition) is 2. The largest absolute Gasteiger partial charge is 0.616 e. The van der Waals surface area contributed by atoms with Crippen molar-refractivity contribution in [3.8, 4) is 0 Å². The summed E-state index contributed by atoms with van der Waals surface area (Å²) in [4.78, 5) is 17.5. The molecule has 1 aliphatic carbocycles. The van der Waals surface area contributed by atoms with Crippen LogP contribution < -0.4 is 5.73 Å². The van der Waals surface area contributed by atoms with Crippen molar-refractivity contribution in [2.45, 2.75) is 42.8 Å². The third kappa shape index (κ3) is 3.02. The highest BCUT2D eigenvalue weighted by Gasteiger charge is 2.53. The molecule has 2 aliphatic rings. The van der Waals surface area contributed by atoms with Gasteiger partial charge in [0.25, 0.3) is 5.91 Å². The van der Waals surface area contributed by atoms with Crippen LogP contribution in [0.5, 0.6) is 0 Å². The summed E-state index contributed by atoms with van der Waals surface area (Å²) in [5, 5.41) is 4.51. The van der Waals surface area contributed by atoms with E-state index in [-0.39, 0.29) is 15.7 Å². The number of aromatic nitrogens is 3. The molecule has 3 aromatic rings. The summed E-state index contributed by atoms with van der Waals surface area (Å²) >= 11 is -0.779. The van der Waals surface area contributed by atoms with Crippen LogP contribution in [0.4, 0.5) is 4.39 Å². The van der Waals surface area contributed by atoms with Crippen LogP contribution in [0, 0.1) is 5.82 Å². The summed E-state index contributed by atoms with van der Waals surface area (Å²) in [6.07, 6.45) is 7.69. The van der Waals surface area contributed by atoms with Gasteiger partial charge in [-0.1, -0.05) is 6.92 Å². The van der Waals surface area contributed by atoms with E-state index in [2.05, 4.69) is 21.9 Å². The third-order valence-electron chi connectivity index (χ3n) is 7.11. The number of rotatable bonds is 5. The molecular formula is C21H26FN5O2S. The molecule has 1 aliphatic heterocycles. The Hall–Kier alpha value is -2.10. The normalized spacial score (nSPS) is 21.9. The zero-order chi connectivity index (χ0) is 21.3. The molecular weight excluding hydrogens is 405 g/mol. The molecule has 1 unspecified atom stereocenters. The van der Waals surface area contributed by atoms with Crippen molar-refractivity contribution in [3.05, 3.63) is 35.3 Å². The Bertz CT molecular complexity index is 1140. The molecule has 0 radical (unpaired) electrons. The van der Waals surface area contributed by atoms with E-state index in [4.69, 9.17) is 5.73 Å². The fraction of sp³-hybridized carbons (Fsp3) is 0.524. The number of likely N-dealkylation sites (tertiary alicyclic amines) is 1. The van der Waals surface area contributed by atoms with Gasteiger partial charge in [-0.3, -0.25) is 9.69 Å². The van der Waals surface area contributed by atoms with E-state index in [1.165, 1.54) is 6.07 Å². The predicted octanol–water partition coefficient (Wildman–Crippen LogP) is 2.32. The number of carbonyl (C=O) groups excluding carboxylic acids is 1. The van der Waals surface area contributed by atoms with Crippen molar-refractivity contribution in [2.24, 2.45) is 5.73 Å². The van der Waals surface area contributed by atoms with Gasteiger partial charge in [0, 0.05) is 30.4 Å². The minimum absolute atomic E-state index is 0.00510. The minimum atomic E-state index is -0.779. The highest BCUT2D eigenvalue weighted by atomic mass is 32.2. The molecule has 1 saturated carbocycles. The Kier molecular flexibility index (Phi) is 4.43. The van der Waals surface area contributed by atoms with Gasteiger partial charge < -0.3 is 15.3 Å². The minimum Gasteiger partial charge on any atom is -0.616 e. The van der Waals surface area contributed by atoms with E-state index in [9.17, 15) is 13.7 Å². The number of carbonyl (C=O) groups is 1. The van der Waals surface area contributed by atoms with Crippen molar-refractivity contribution in [3.63, 3.8) is 0 Å². The van der Waals surface area contributed by atoms with Gasteiger partial charge in [0.05, 0.1) is 23.5 Å². The second-order valence-electron chi connectivity index (χ2n) is 9.13. The Morgan fingerprint density at radius 1 is 1.33 bits per heavy atom. The van der Waals surface area contributed by atoms with Crippen LogP contribution in [0.3, 0.4) is 0 Å². The summed E-state index contributed by atoms with van der Waals surface area (Å²) in [5.74, 6) is -1.19. The fourth-order valence-electron chi connectivity index (χ4n) is 4.88. The van der Waals surface area contributed by atoms with Crippen molar-refractivity contribution >= 4 is 33.8 Å². The smallest absolute Gasteiger partial charge is 0.251 e. The molecule has 1 aromatic carbocycles. The van der Waals surface area contributed by atoms with Crippen LogP contribution in [0.15, 0.2) is 18.3 Å². The van der Waals surface area contributed by atoms with Crippen LogP contribution in [0.2, 0.25) is 0 Å². The van der Waals surface area contributed by atoms with Crippen LogP contribution in [0.25, 0.3) is 16.7 Å². The number of fused-ring (bicyclic) bond motifs is 3. The van der Waals surface area contributed by atoms with Gasteiger partial charge in [-0.15, -0.1) is 0 Å². The molecule has 160 valence electrons. The molecule has 0 bridgehead atoms. The second kappa shape index (κ2) is 6.70. The topological polar surface area (TPSA) is 102 Å². The lowest BCUT2D eigenvalue weighted by molar-refractivity contribution is 0.100. The quantitative estimate of drug-likeness (QED) is 0.605. The van der Waals surface area contributed by atoms with Crippen molar-refractivity contribution in [1.82, 2.24) is 19.5 Å². The number of nitrogens with one attached hydrogen (secondary N) is 1. The van der Waals surface area contributed by atoms with E-state index >= 15 is 0 Å². The fourth-order valence-corrected chi connectivity index (χ4v) is 5.92. The number of aromatic amines is 1. The number of benzene rings is 1. The highest BCUT2D eigenvalue weighted by molar-refractivity contribution is 7.92. The number of nitrogens with two attached hydrogens (primary N) is 1. The molecule has 7 nitrogen and oxygen atoms in total. The molecule has 1 amide bonds. The number of H-pyrrole nitrogens is 1. The highest BCUT2D eigenvalue weighted by Crippen LogP contribution is 2.45. The maximum atomic E-state index is 14.0. The van der Waals surface area contributed by atoms with Crippen molar-refractivity contribution < 1.29 is 13.7 Å². The van der Waals surface area contributed by atoms with Gasteiger partial charge in [-0.2, -0.15) is 5.10 Å². The van der Waals surface area contributed by atoms with Gasteiger partial charge >= 0.3 is 0 Å². The number of nitrogens with zero attached hydrogens (tertiary/aromatic N) is 3. The lowest BCUT2D eigenvalue weighted by Gasteiger charge is -2.40. The average molecular weight is 432 g/mol. The van der Waals surface area contributed by atoms with Gasteiger partial charge in [0.1, 0.15) is 21.7 Å². The molecule has 0 spiro atoms. The van der Waals surface area contributed by atoms with Crippen LogP contribution >= 0.6 is 0 Å². The molecule has 2 aromatic heterocycles. The number of hydrogen-bond acceptors (Lipinski definition) is 4. The average Bonchev–Trinajstić information content (AvgIpc) is 3.22. The van der Waals surface area contributed by atoms with E-state index in [0.717, 1.165) is 62.6 Å². The first-order valence-electron chi connectivity index (χ1n) is 10.3. The number of piperidine rings is 1. The van der Waals surface area contributed by atoms with E-state index in [0.29, 0.717) is 11.0 Å². The maximum absolute atomic E-state index is 14.0. The lowest BCUT2D eigenvalue weighted by atomic mass is 9.75. The van der Waals surface area contributed by atoms with Gasteiger partial charge in [0.15, 0.2) is 0 Å². The van der Waals surface area contributed by atoms with Crippen molar-refractivity contribution in [2.75, 3.05) is 25.9 Å². The zero-order valence-electron chi connectivity index (χ0n) is 17.2. The number of amides is 1. The summed E-state index contributed by atoms with van der Waals surface area (Å²) in [5.41, 5.74) is 8.37. The Labute approximate surface area is 177 Å². The van der Waals surface area contributed by atoms with Gasteiger partial charge in [-0.25, -0.2) is 8.91 Å². The summed E-state index contributed by atoms with van der Waals surface area (Å²) in [6.45, 7) is 5.01. The van der Waals surface area contributed by atoms with E-state index < -0.39 is 22.9 Å². The first-order chi connectivity index (χ1) is 14.2. The SMILES string of the molecule is C[S+]([O-])C1(CN2CCC(C)(c3cnn4c3[nH]c3cc(F)cc(C(N)=O)c34)CC2)CC1. The molecule has 2 fully saturated rings. The van der Waals surface area contributed by atoms with Crippen LogP contribution in [-0.2, 0) is 16.6 Å². The predicted molar refractivity (Wildman–Crippen MR) is 115 cm³/mol. The molecule has 30 heavy (non-hydrogen) atoms.